The third-order valence-corrected chi connectivity index (χ3v) is 4.24. The van der Waals surface area contributed by atoms with Crippen molar-refractivity contribution in [3.05, 3.63) is 0 Å². The van der Waals surface area contributed by atoms with Gasteiger partial charge < -0.3 is 10.6 Å². The van der Waals surface area contributed by atoms with E-state index in [0.29, 0.717) is 5.92 Å². The molecule has 4 heteroatoms. The number of carbonyl (C=O) groups is 1. The van der Waals surface area contributed by atoms with E-state index in [1.54, 1.807) is 0 Å². The van der Waals surface area contributed by atoms with Crippen LogP contribution in [0.1, 0.15) is 32.6 Å². The highest BCUT2D eigenvalue weighted by Gasteiger charge is 2.23. The van der Waals surface area contributed by atoms with E-state index in [1.807, 2.05) is 0 Å². The molecule has 104 valence electrons. The summed E-state index contributed by atoms with van der Waals surface area (Å²) >= 11 is 0. The number of piperazine rings is 1. The monoisotopic (exact) mass is 253 g/mol. The normalized spacial score (nSPS) is 29.4. The van der Waals surface area contributed by atoms with Gasteiger partial charge in [-0.2, -0.15) is 0 Å². The lowest BCUT2D eigenvalue weighted by molar-refractivity contribution is -0.122. The Morgan fingerprint density at radius 2 is 2.11 bits per heavy atom. The summed E-state index contributed by atoms with van der Waals surface area (Å²) in [5.41, 5.74) is 0. The zero-order valence-electron chi connectivity index (χ0n) is 11.6. The molecule has 0 spiro atoms. The smallest absolute Gasteiger partial charge is 0.220 e. The number of nitrogens with zero attached hydrogens (tertiary/aromatic N) is 1. The molecule has 2 rings (SSSR count). The van der Waals surface area contributed by atoms with E-state index in [0.717, 1.165) is 51.6 Å². The maximum absolute atomic E-state index is 11.8. The molecule has 1 aliphatic carbocycles. The number of nitrogens with one attached hydrogen (secondary N) is 2. The Kier molecular flexibility index (Phi) is 5.45. The molecule has 1 heterocycles. The van der Waals surface area contributed by atoms with E-state index in [-0.39, 0.29) is 5.91 Å². The standard InChI is InChI=1S/C14H27N3O/c1-12-2-3-13(10-12)11-14(18)16-6-9-17-7-4-15-5-8-17/h12-13,15H,2-11H2,1H3,(H,16,18). The molecule has 0 bridgehead atoms. The molecule has 2 N–H and O–H groups in total. The number of hydrogen-bond acceptors (Lipinski definition) is 3. The third-order valence-electron chi connectivity index (χ3n) is 4.24. The van der Waals surface area contributed by atoms with E-state index in [9.17, 15) is 4.79 Å². The van der Waals surface area contributed by atoms with Crippen molar-refractivity contribution in [1.82, 2.24) is 15.5 Å². The molecule has 2 atom stereocenters. The largest absolute Gasteiger partial charge is 0.355 e. The average Bonchev–Trinajstić information content (AvgIpc) is 2.76. The molecule has 0 aromatic heterocycles. The van der Waals surface area contributed by atoms with Crippen molar-refractivity contribution >= 4 is 5.91 Å². The second-order valence-electron chi connectivity index (χ2n) is 5.93. The van der Waals surface area contributed by atoms with Gasteiger partial charge in [0.05, 0.1) is 0 Å². The van der Waals surface area contributed by atoms with Crippen molar-refractivity contribution in [1.29, 1.82) is 0 Å². The zero-order valence-corrected chi connectivity index (χ0v) is 11.6. The lowest BCUT2D eigenvalue weighted by Crippen LogP contribution is -2.46. The van der Waals surface area contributed by atoms with Gasteiger partial charge in [-0.15, -0.1) is 0 Å². The summed E-state index contributed by atoms with van der Waals surface area (Å²) in [6.45, 7) is 8.46. The minimum absolute atomic E-state index is 0.254. The van der Waals surface area contributed by atoms with Gasteiger partial charge in [-0.3, -0.25) is 9.69 Å². The summed E-state index contributed by atoms with van der Waals surface area (Å²) in [5.74, 6) is 1.71. The highest BCUT2D eigenvalue weighted by Crippen LogP contribution is 2.32. The first kappa shape index (κ1) is 13.8. The van der Waals surface area contributed by atoms with Gasteiger partial charge in [-0.1, -0.05) is 13.3 Å². The van der Waals surface area contributed by atoms with Gasteiger partial charge in [-0.05, 0) is 24.7 Å². The van der Waals surface area contributed by atoms with Gasteiger partial charge in [0, 0.05) is 45.7 Å². The van der Waals surface area contributed by atoms with Crippen LogP contribution in [-0.4, -0.2) is 50.1 Å². The van der Waals surface area contributed by atoms with Gasteiger partial charge in [0.15, 0.2) is 0 Å². The van der Waals surface area contributed by atoms with Gasteiger partial charge in [-0.25, -0.2) is 0 Å². The highest BCUT2D eigenvalue weighted by molar-refractivity contribution is 5.76. The second-order valence-corrected chi connectivity index (χ2v) is 5.93. The summed E-state index contributed by atoms with van der Waals surface area (Å²) in [6, 6.07) is 0. The van der Waals surface area contributed by atoms with Crippen molar-refractivity contribution in [3.63, 3.8) is 0 Å². The summed E-state index contributed by atoms with van der Waals surface area (Å²) < 4.78 is 0. The SMILES string of the molecule is CC1CCC(CC(=O)NCCN2CCNCC2)C1. The van der Waals surface area contributed by atoms with Crippen LogP contribution in [0.5, 0.6) is 0 Å². The van der Waals surface area contributed by atoms with Crippen LogP contribution >= 0.6 is 0 Å². The molecule has 0 aromatic carbocycles. The van der Waals surface area contributed by atoms with Crippen molar-refractivity contribution in [2.24, 2.45) is 11.8 Å². The van der Waals surface area contributed by atoms with Crippen LogP contribution in [0.4, 0.5) is 0 Å². The third kappa shape index (κ3) is 4.58. The fourth-order valence-electron chi connectivity index (χ4n) is 3.13. The topological polar surface area (TPSA) is 44.4 Å². The molecule has 2 fully saturated rings. The number of amides is 1. The second kappa shape index (κ2) is 7.10. The van der Waals surface area contributed by atoms with E-state index >= 15 is 0 Å². The lowest BCUT2D eigenvalue weighted by Gasteiger charge is -2.27. The maximum atomic E-state index is 11.8. The van der Waals surface area contributed by atoms with Crippen LogP contribution in [0.3, 0.4) is 0 Å². The predicted molar refractivity (Wildman–Crippen MR) is 73.4 cm³/mol. The molecule has 0 radical (unpaired) electrons. The summed E-state index contributed by atoms with van der Waals surface area (Å²) in [7, 11) is 0. The van der Waals surface area contributed by atoms with Crippen LogP contribution in [-0.2, 0) is 4.79 Å². The Hall–Kier alpha value is -0.610. The quantitative estimate of drug-likeness (QED) is 0.763. The predicted octanol–water partition coefficient (Wildman–Crippen LogP) is 0.834. The number of hydrogen-bond donors (Lipinski definition) is 2. The first-order chi connectivity index (χ1) is 8.74. The number of carbonyl (C=O) groups excluding carboxylic acids is 1. The minimum Gasteiger partial charge on any atom is -0.355 e. The van der Waals surface area contributed by atoms with Gasteiger partial charge in [0.1, 0.15) is 0 Å². The van der Waals surface area contributed by atoms with Crippen molar-refractivity contribution in [2.75, 3.05) is 39.3 Å². The molecule has 1 saturated heterocycles. The van der Waals surface area contributed by atoms with Gasteiger partial charge in [0.25, 0.3) is 0 Å². The minimum atomic E-state index is 0.254. The Labute approximate surface area is 110 Å². The molecule has 2 aliphatic rings. The van der Waals surface area contributed by atoms with E-state index in [2.05, 4.69) is 22.5 Å². The molecule has 4 nitrogen and oxygen atoms in total. The first-order valence-electron chi connectivity index (χ1n) is 7.44. The van der Waals surface area contributed by atoms with Crippen molar-refractivity contribution in [3.8, 4) is 0 Å². The van der Waals surface area contributed by atoms with Crippen LogP contribution in [0.25, 0.3) is 0 Å². The van der Waals surface area contributed by atoms with E-state index in [4.69, 9.17) is 0 Å². The zero-order chi connectivity index (χ0) is 12.8. The van der Waals surface area contributed by atoms with Crippen molar-refractivity contribution in [2.45, 2.75) is 32.6 Å². The molecule has 1 aliphatic heterocycles. The van der Waals surface area contributed by atoms with Crippen LogP contribution in [0, 0.1) is 11.8 Å². The average molecular weight is 253 g/mol. The fraction of sp³-hybridized carbons (Fsp3) is 0.929. The van der Waals surface area contributed by atoms with Crippen LogP contribution in [0.15, 0.2) is 0 Å². The fourth-order valence-corrected chi connectivity index (χ4v) is 3.13. The maximum Gasteiger partial charge on any atom is 0.220 e. The van der Waals surface area contributed by atoms with E-state index < -0.39 is 0 Å². The Morgan fingerprint density at radius 1 is 1.33 bits per heavy atom. The highest BCUT2D eigenvalue weighted by atomic mass is 16.1. The Bertz CT molecular complexity index is 264. The summed E-state index contributed by atoms with van der Waals surface area (Å²) in [4.78, 5) is 14.2. The first-order valence-corrected chi connectivity index (χ1v) is 7.44. The Morgan fingerprint density at radius 3 is 2.78 bits per heavy atom. The molecular formula is C14H27N3O. The molecule has 18 heavy (non-hydrogen) atoms. The molecule has 2 unspecified atom stereocenters. The summed E-state index contributed by atoms with van der Waals surface area (Å²) in [6.07, 6.45) is 4.53. The summed E-state index contributed by atoms with van der Waals surface area (Å²) in [5, 5.41) is 6.41. The number of rotatable bonds is 5. The van der Waals surface area contributed by atoms with E-state index in [1.165, 1.54) is 19.3 Å². The lowest BCUT2D eigenvalue weighted by atomic mass is 10.0. The molecular weight excluding hydrogens is 226 g/mol. The molecule has 0 aromatic rings. The Balaban J connectivity index is 1.54. The van der Waals surface area contributed by atoms with Crippen molar-refractivity contribution < 1.29 is 4.79 Å². The van der Waals surface area contributed by atoms with Crippen LogP contribution in [0.2, 0.25) is 0 Å². The molecule has 1 amide bonds. The molecule has 1 saturated carbocycles. The van der Waals surface area contributed by atoms with Gasteiger partial charge in [0.2, 0.25) is 5.91 Å². The van der Waals surface area contributed by atoms with Crippen LogP contribution < -0.4 is 10.6 Å². The van der Waals surface area contributed by atoms with Gasteiger partial charge >= 0.3 is 0 Å².